The third kappa shape index (κ3) is 4.35. The lowest BCUT2D eigenvalue weighted by molar-refractivity contribution is 0.596. The molecule has 164 valence electrons. The molecule has 0 atom stereocenters. The van der Waals surface area contributed by atoms with Crippen LogP contribution in [0.4, 0.5) is 17.5 Å². The molecule has 0 saturated carbocycles. The summed E-state index contributed by atoms with van der Waals surface area (Å²) in [6.07, 6.45) is 1.95. The lowest BCUT2D eigenvalue weighted by Crippen LogP contribution is -2.16. The second-order valence-corrected chi connectivity index (χ2v) is 10.2. The smallest absolute Gasteiger partial charge is 0.222 e. The predicted octanol–water partition coefficient (Wildman–Crippen LogP) is 3.99. The molecule has 7 nitrogen and oxygen atoms in total. The van der Waals surface area contributed by atoms with Crippen molar-refractivity contribution in [1.29, 1.82) is 0 Å². The average Bonchev–Trinajstić information content (AvgIpc) is 2.79. The summed E-state index contributed by atoms with van der Waals surface area (Å²) < 4.78 is 25.8. The summed E-state index contributed by atoms with van der Waals surface area (Å²) >= 11 is 1.57. The average molecular weight is 466 g/mol. The first-order chi connectivity index (χ1) is 15.3. The van der Waals surface area contributed by atoms with Gasteiger partial charge in [-0.15, -0.1) is 11.8 Å². The molecule has 4 rings (SSSR count). The summed E-state index contributed by atoms with van der Waals surface area (Å²) in [5, 5.41) is 0.734. The Morgan fingerprint density at radius 2 is 1.53 bits per heavy atom. The molecule has 0 amide bonds. The molecule has 3 aromatic carbocycles. The van der Waals surface area contributed by atoms with E-state index in [1.807, 2.05) is 60.7 Å². The van der Waals surface area contributed by atoms with Crippen molar-refractivity contribution in [3.05, 3.63) is 72.3 Å². The number of fused-ring (bicyclic) bond motifs is 1. The lowest BCUT2D eigenvalue weighted by atomic mass is 10.1. The standard InChI is InChI=1S/C23H23N5O2S2/c1-28(16-5-12-21-20(13-16)22(24)27-23(25)26-21)14-15-3-8-18(9-4-15)32(29,30)19-10-6-17(31-2)7-11-19/h3-13H,14H2,1-2H3,(H4,24,25,26,27). The van der Waals surface area contributed by atoms with Crippen molar-refractivity contribution >= 4 is 50.0 Å². The fourth-order valence-electron chi connectivity index (χ4n) is 3.43. The quantitative estimate of drug-likeness (QED) is 0.411. The van der Waals surface area contributed by atoms with Gasteiger partial charge in [0.05, 0.1) is 15.3 Å². The Hall–Kier alpha value is -3.30. The molecule has 1 heterocycles. The molecule has 0 fully saturated rings. The van der Waals surface area contributed by atoms with Crippen LogP contribution in [0.15, 0.2) is 81.4 Å². The second-order valence-electron chi connectivity index (χ2n) is 7.35. The van der Waals surface area contributed by atoms with Crippen molar-refractivity contribution in [3.8, 4) is 0 Å². The third-order valence-corrected chi connectivity index (χ3v) is 7.72. The first-order valence-corrected chi connectivity index (χ1v) is 12.5. The molecule has 0 unspecified atom stereocenters. The van der Waals surface area contributed by atoms with E-state index < -0.39 is 9.84 Å². The van der Waals surface area contributed by atoms with Gasteiger partial charge in [0.2, 0.25) is 15.8 Å². The first kappa shape index (κ1) is 21.9. The monoisotopic (exact) mass is 465 g/mol. The number of anilines is 3. The zero-order valence-corrected chi connectivity index (χ0v) is 19.3. The fraction of sp³-hybridized carbons (Fsp3) is 0.130. The molecule has 0 saturated heterocycles. The van der Waals surface area contributed by atoms with E-state index in [9.17, 15) is 8.42 Å². The maximum atomic E-state index is 12.9. The Kier molecular flexibility index (Phi) is 5.94. The molecule has 0 radical (unpaired) electrons. The summed E-state index contributed by atoms with van der Waals surface area (Å²) in [6, 6.07) is 19.6. The zero-order chi connectivity index (χ0) is 22.9. The minimum Gasteiger partial charge on any atom is -0.383 e. The van der Waals surface area contributed by atoms with Gasteiger partial charge < -0.3 is 16.4 Å². The molecule has 0 bridgehead atoms. The van der Waals surface area contributed by atoms with Crippen LogP contribution in [0.3, 0.4) is 0 Å². The number of hydrogen-bond acceptors (Lipinski definition) is 8. The largest absolute Gasteiger partial charge is 0.383 e. The molecular weight excluding hydrogens is 442 g/mol. The number of nitrogens with two attached hydrogens (primary N) is 2. The topological polar surface area (TPSA) is 115 Å². The van der Waals surface area contributed by atoms with E-state index in [1.54, 1.807) is 36.0 Å². The van der Waals surface area contributed by atoms with Gasteiger partial charge in [0.1, 0.15) is 5.82 Å². The minimum absolute atomic E-state index is 0.145. The number of aromatic nitrogens is 2. The molecule has 0 aliphatic rings. The van der Waals surface area contributed by atoms with Gasteiger partial charge in [-0.1, -0.05) is 12.1 Å². The third-order valence-electron chi connectivity index (χ3n) is 5.19. The van der Waals surface area contributed by atoms with Crippen LogP contribution in [-0.2, 0) is 16.4 Å². The molecule has 4 aromatic rings. The van der Waals surface area contributed by atoms with Gasteiger partial charge in [0.15, 0.2) is 0 Å². The highest BCUT2D eigenvalue weighted by Crippen LogP contribution is 2.27. The van der Waals surface area contributed by atoms with Crippen LogP contribution in [0.5, 0.6) is 0 Å². The van der Waals surface area contributed by atoms with Crippen LogP contribution < -0.4 is 16.4 Å². The summed E-state index contributed by atoms with van der Waals surface area (Å²) in [6.45, 7) is 0.587. The van der Waals surface area contributed by atoms with Gasteiger partial charge in [0.25, 0.3) is 0 Å². The molecule has 1 aromatic heterocycles. The summed E-state index contributed by atoms with van der Waals surface area (Å²) in [5.41, 5.74) is 14.3. The van der Waals surface area contributed by atoms with Crippen molar-refractivity contribution in [2.75, 3.05) is 29.7 Å². The SMILES string of the molecule is CSc1ccc(S(=O)(=O)c2ccc(CN(C)c3ccc4nc(N)nc(N)c4c3)cc2)cc1. The molecule has 0 spiro atoms. The van der Waals surface area contributed by atoms with E-state index in [2.05, 4.69) is 9.97 Å². The van der Waals surface area contributed by atoms with Gasteiger partial charge in [-0.05, 0) is 66.4 Å². The normalized spacial score (nSPS) is 11.6. The Bertz CT molecular complexity index is 1370. The highest BCUT2D eigenvalue weighted by Gasteiger charge is 2.17. The number of benzene rings is 3. The molecule has 0 aliphatic heterocycles. The Balaban J connectivity index is 1.53. The van der Waals surface area contributed by atoms with E-state index >= 15 is 0 Å². The minimum atomic E-state index is -3.55. The van der Waals surface area contributed by atoms with E-state index in [0.717, 1.165) is 21.5 Å². The number of thioether (sulfide) groups is 1. The Morgan fingerprint density at radius 1 is 0.906 bits per heavy atom. The predicted molar refractivity (Wildman–Crippen MR) is 131 cm³/mol. The Labute approximate surface area is 191 Å². The molecule has 9 heteroatoms. The number of nitrogens with zero attached hydrogens (tertiary/aromatic N) is 3. The van der Waals surface area contributed by atoms with Gasteiger partial charge in [-0.25, -0.2) is 13.4 Å². The van der Waals surface area contributed by atoms with E-state index in [-0.39, 0.29) is 15.7 Å². The van der Waals surface area contributed by atoms with Gasteiger partial charge in [-0.3, -0.25) is 0 Å². The lowest BCUT2D eigenvalue weighted by Gasteiger charge is -2.20. The summed E-state index contributed by atoms with van der Waals surface area (Å²) in [5.74, 6) is 0.481. The van der Waals surface area contributed by atoms with Crippen molar-refractivity contribution < 1.29 is 8.42 Å². The zero-order valence-electron chi connectivity index (χ0n) is 17.7. The van der Waals surface area contributed by atoms with E-state index in [0.29, 0.717) is 17.9 Å². The van der Waals surface area contributed by atoms with Crippen LogP contribution in [0.25, 0.3) is 10.9 Å². The van der Waals surface area contributed by atoms with Gasteiger partial charge in [0, 0.05) is 29.6 Å². The van der Waals surface area contributed by atoms with Crippen molar-refractivity contribution in [2.45, 2.75) is 21.2 Å². The van der Waals surface area contributed by atoms with Crippen LogP contribution in [-0.4, -0.2) is 31.7 Å². The number of rotatable bonds is 6. The first-order valence-electron chi connectivity index (χ1n) is 9.80. The van der Waals surface area contributed by atoms with Crippen molar-refractivity contribution in [1.82, 2.24) is 9.97 Å². The van der Waals surface area contributed by atoms with E-state index in [1.165, 1.54) is 0 Å². The van der Waals surface area contributed by atoms with Gasteiger partial charge >= 0.3 is 0 Å². The number of sulfone groups is 1. The van der Waals surface area contributed by atoms with Crippen LogP contribution in [0.2, 0.25) is 0 Å². The van der Waals surface area contributed by atoms with Gasteiger partial charge in [-0.2, -0.15) is 4.98 Å². The highest BCUT2D eigenvalue weighted by molar-refractivity contribution is 7.98. The maximum absolute atomic E-state index is 12.9. The molecule has 4 N–H and O–H groups in total. The fourth-order valence-corrected chi connectivity index (χ4v) is 5.10. The van der Waals surface area contributed by atoms with Crippen molar-refractivity contribution in [2.24, 2.45) is 0 Å². The summed E-state index contributed by atoms with van der Waals surface area (Å²) in [4.78, 5) is 11.8. The summed E-state index contributed by atoms with van der Waals surface area (Å²) in [7, 11) is -1.60. The highest BCUT2D eigenvalue weighted by atomic mass is 32.2. The maximum Gasteiger partial charge on any atom is 0.222 e. The van der Waals surface area contributed by atoms with Crippen molar-refractivity contribution in [3.63, 3.8) is 0 Å². The van der Waals surface area contributed by atoms with Crippen LogP contribution in [0.1, 0.15) is 5.56 Å². The number of nitrogen functional groups attached to an aromatic ring is 2. The second kappa shape index (κ2) is 8.68. The molecule has 32 heavy (non-hydrogen) atoms. The van der Waals surface area contributed by atoms with Crippen LogP contribution >= 0.6 is 11.8 Å². The number of hydrogen-bond donors (Lipinski definition) is 2. The molecule has 0 aliphatic carbocycles. The molecular formula is C23H23N5O2S2. The van der Waals surface area contributed by atoms with Crippen LogP contribution in [0, 0.1) is 0 Å². The Morgan fingerprint density at radius 3 is 2.16 bits per heavy atom. The van der Waals surface area contributed by atoms with E-state index in [4.69, 9.17) is 11.5 Å².